The minimum atomic E-state index is -0.411. The largest absolute Gasteiger partial charge is 0.461 e. The van der Waals surface area contributed by atoms with Gasteiger partial charge >= 0.3 is 5.97 Å². The van der Waals surface area contributed by atoms with Gasteiger partial charge in [-0.3, -0.25) is 9.69 Å². The topological polar surface area (TPSA) is 72.8 Å². The lowest BCUT2D eigenvalue weighted by Crippen LogP contribution is -2.38. The number of rotatable bonds is 9. The Morgan fingerprint density at radius 3 is 2.63 bits per heavy atom. The number of morpholine rings is 1. The molecule has 2 rings (SSSR count). The summed E-state index contributed by atoms with van der Waals surface area (Å²) >= 11 is 0. The van der Waals surface area contributed by atoms with Crippen molar-refractivity contribution in [2.75, 3.05) is 46.0 Å². The van der Waals surface area contributed by atoms with Gasteiger partial charge in [0.1, 0.15) is 5.69 Å². The fourth-order valence-electron chi connectivity index (χ4n) is 3.47. The van der Waals surface area contributed by atoms with Gasteiger partial charge < -0.3 is 19.4 Å². The molecule has 0 atom stereocenters. The lowest BCUT2D eigenvalue weighted by molar-refractivity contribution is 0.0374. The van der Waals surface area contributed by atoms with Gasteiger partial charge in [0.25, 0.3) is 5.91 Å². The number of aromatic nitrogens is 1. The predicted octanol–water partition coefficient (Wildman–Crippen LogP) is 1.92. The third-order valence-electron chi connectivity index (χ3n) is 4.81. The molecule has 1 aromatic rings. The highest BCUT2D eigenvalue weighted by atomic mass is 16.5. The Bertz CT molecular complexity index is 675. The number of allylic oxidation sites excluding steroid dienone is 1. The summed E-state index contributed by atoms with van der Waals surface area (Å²) in [6.07, 6.45) is 2.58. The van der Waals surface area contributed by atoms with E-state index in [0.717, 1.165) is 45.0 Å². The van der Waals surface area contributed by atoms with Crippen LogP contribution >= 0.6 is 0 Å². The highest BCUT2D eigenvalue weighted by molar-refractivity contribution is 6.01. The van der Waals surface area contributed by atoms with Crippen LogP contribution in [0.25, 0.3) is 0 Å². The van der Waals surface area contributed by atoms with Crippen molar-refractivity contribution in [2.45, 2.75) is 33.7 Å². The van der Waals surface area contributed by atoms with E-state index in [1.165, 1.54) is 0 Å². The average molecular weight is 377 g/mol. The monoisotopic (exact) mass is 377 g/mol. The van der Waals surface area contributed by atoms with Gasteiger partial charge in [-0.15, -0.1) is 6.58 Å². The first-order valence-electron chi connectivity index (χ1n) is 9.57. The van der Waals surface area contributed by atoms with Crippen LogP contribution in [0, 0.1) is 13.8 Å². The SMILES string of the molecule is C=CCn1c(C)c(C(=O)NCCCN2CCOCC2)c(C)c1C(=O)OCC. The molecule has 27 heavy (non-hydrogen) atoms. The van der Waals surface area contributed by atoms with E-state index < -0.39 is 5.97 Å². The fourth-order valence-corrected chi connectivity index (χ4v) is 3.47. The molecule has 1 fully saturated rings. The van der Waals surface area contributed by atoms with E-state index in [0.29, 0.717) is 36.5 Å². The van der Waals surface area contributed by atoms with Gasteiger partial charge in [-0.25, -0.2) is 4.79 Å². The van der Waals surface area contributed by atoms with Gasteiger partial charge in [0.15, 0.2) is 0 Å². The van der Waals surface area contributed by atoms with Gasteiger partial charge in [0.2, 0.25) is 0 Å². The van der Waals surface area contributed by atoms with E-state index in [2.05, 4.69) is 16.8 Å². The van der Waals surface area contributed by atoms with Crippen molar-refractivity contribution in [3.63, 3.8) is 0 Å². The summed E-state index contributed by atoms with van der Waals surface area (Å²) in [6.45, 7) is 14.9. The minimum absolute atomic E-state index is 0.152. The summed E-state index contributed by atoms with van der Waals surface area (Å²) in [4.78, 5) is 27.5. The lowest BCUT2D eigenvalue weighted by atomic mass is 10.1. The normalized spacial score (nSPS) is 14.8. The zero-order valence-corrected chi connectivity index (χ0v) is 16.7. The number of carbonyl (C=O) groups is 2. The van der Waals surface area contributed by atoms with Crippen molar-refractivity contribution < 1.29 is 19.1 Å². The minimum Gasteiger partial charge on any atom is -0.461 e. The zero-order valence-electron chi connectivity index (χ0n) is 16.7. The van der Waals surface area contributed by atoms with Crippen LogP contribution in [-0.2, 0) is 16.0 Å². The second-order valence-electron chi connectivity index (χ2n) is 6.62. The lowest BCUT2D eigenvalue weighted by Gasteiger charge is -2.26. The molecule has 1 N–H and O–H groups in total. The van der Waals surface area contributed by atoms with Gasteiger partial charge in [-0.2, -0.15) is 0 Å². The summed E-state index contributed by atoms with van der Waals surface area (Å²) in [5, 5.41) is 2.99. The molecule has 1 aliphatic heterocycles. The second-order valence-corrected chi connectivity index (χ2v) is 6.62. The number of nitrogens with one attached hydrogen (secondary N) is 1. The van der Waals surface area contributed by atoms with Crippen molar-refractivity contribution >= 4 is 11.9 Å². The molecule has 7 heteroatoms. The Morgan fingerprint density at radius 1 is 1.30 bits per heavy atom. The fraction of sp³-hybridized carbons (Fsp3) is 0.600. The van der Waals surface area contributed by atoms with Crippen molar-refractivity contribution in [1.29, 1.82) is 0 Å². The molecule has 2 heterocycles. The summed E-state index contributed by atoms with van der Waals surface area (Å²) in [5.41, 5.74) is 2.37. The maximum Gasteiger partial charge on any atom is 0.355 e. The number of carbonyl (C=O) groups excluding carboxylic acids is 2. The van der Waals surface area contributed by atoms with Gasteiger partial charge in [0.05, 0.1) is 25.4 Å². The maximum absolute atomic E-state index is 12.8. The summed E-state index contributed by atoms with van der Waals surface area (Å²) < 4.78 is 12.3. The number of amides is 1. The number of nitrogens with zero attached hydrogens (tertiary/aromatic N) is 2. The first-order valence-corrected chi connectivity index (χ1v) is 9.57. The third kappa shape index (κ3) is 5.20. The van der Waals surface area contributed by atoms with Crippen LogP contribution in [0.15, 0.2) is 12.7 Å². The van der Waals surface area contributed by atoms with Gasteiger partial charge in [-0.1, -0.05) is 6.08 Å². The summed E-state index contributed by atoms with van der Waals surface area (Å²) in [7, 11) is 0. The molecule has 0 unspecified atom stereocenters. The first-order chi connectivity index (χ1) is 13.0. The van der Waals surface area contributed by atoms with Crippen LogP contribution in [-0.4, -0.2) is 67.3 Å². The molecule has 7 nitrogen and oxygen atoms in total. The molecule has 1 aliphatic rings. The van der Waals surface area contributed by atoms with Crippen molar-refractivity contribution in [3.8, 4) is 0 Å². The molecule has 0 saturated carbocycles. The van der Waals surface area contributed by atoms with Crippen LogP contribution in [0.3, 0.4) is 0 Å². The molecular formula is C20H31N3O4. The summed E-state index contributed by atoms with van der Waals surface area (Å²) in [5.74, 6) is -0.563. The Labute approximate surface area is 161 Å². The van der Waals surface area contributed by atoms with Gasteiger partial charge in [-0.05, 0) is 39.3 Å². The van der Waals surface area contributed by atoms with Crippen molar-refractivity contribution in [2.24, 2.45) is 0 Å². The van der Waals surface area contributed by atoms with E-state index in [4.69, 9.17) is 9.47 Å². The molecule has 0 aliphatic carbocycles. The number of hydrogen-bond donors (Lipinski definition) is 1. The van der Waals surface area contributed by atoms with E-state index in [9.17, 15) is 9.59 Å². The van der Waals surface area contributed by atoms with E-state index in [-0.39, 0.29) is 5.91 Å². The highest BCUT2D eigenvalue weighted by Gasteiger charge is 2.26. The molecule has 1 saturated heterocycles. The van der Waals surface area contributed by atoms with Crippen LogP contribution in [0.5, 0.6) is 0 Å². The van der Waals surface area contributed by atoms with E-state index in [1.54, 1.807) is 24.5 Å². The number of esters is 1. The average Bonchev–Trinajstić information content (AvgIpc) is 2.90. The first kappa shape index (κ1) is 21.2. The molecule has 1 amide bonds. The maximum atomic E-state index is 12.8. The molecule has 0 radical (unpaired) electrons. The standard InChI is InChI=1S/C20H31N3O4/c1-5-9-23-16(4)17(15(3)18(23)20(25)27-6-2)19(24)21-8-7-10-22-11-13-26-14-12-22/h5H,1,6-14H2,2-4H3,(H,21,24). The van der Waals surface area contributed by atoms with Crippen LogP contribution in [0.1, 0.15) is 45.4 Å². The van der Waals surface area contributed by atoms with Crippen molar-refractivity contribution in [3.05, 3.63) is 35.2 Å². The zero-order chi connectivity index (χ0) is 19.8. The molecule has 150 valence electrons. The van der Waals surface area contributed by atoms with Crippen molar-refractivity contribution in [1.82, 2.24) is 14.8 Å². The molecular weight excluding hydrogens is 346 g/mol. The molecule has 1 aromatic heterocycles. The molecule has 0 spiro atoms. The van der Waals surface area contributed by atoms with Crippen LogP contribution in [0.4, 0.5) is 0 Å². The van der Waals surface area contributed by atoms with E-state index in [1.807, 2.05) is 6.92 Å². The highest BCUT2D eigenvalue weighted by Crippen LogP contribution is 2.23. The number of ether oxygens (including phenoxy) is 2. The predicted molar refractivity (Wildman–Crippen MR) is 104 cm³/mol. The molecule has 0 bridgehead atoms. The van der Waals surface area contributed by atoms with E-state index >= 15 is 0 Å². The Kier molecular flexibility index (Phi) is 8.06. The quantitative estimate of drug-likeness (QED) is 0.404. The Balaban J connectivity index is 2.04. The Hall–Kier alpha value is -2.12. The van der Waals surface area contributed by atoms with Gasteiger partial charge in [0, 0.05) is 31.9 Å². The number of hydrogen-bond acceptors (Lipinski definition) is 5. The molecule has 0 aromatic carbocycles. The third-order valence-corrected chi connectivity index (χ3v) is 4.81. The summed E-state index contributed by atoms with van der Waals surface area (Å²) in [6, 6.07) is 0. The van der Waals surface area contributed by atoms with Crippen LogP contribution in [0.2, 0.25) is 0 Å². The Morgan fingerprint density at radius 2 is 2.00 bits per heavy atom. The second kappa shape index (κ2) is 10.3. The van der Waals surface area contributed by atoms with Crippen LogP contribution < -0.4 is 5.32 Å². The smallest absolute Gasteiger partial charge is 0.355 e.